The average Bonchev–Trinajstić information content (AvgIpc) is 3.01. The van der Waals surface area contributed by atoms with E-state index in [1.165, 1.54) is 0 Å². The van der Waals surface area contributed by atoms with Gasteiger partial charge in [-0.2, -0.15) is 0 Å². The van der Waals surface area contributed by atoms with Crippen molar-refractivity contribution >= 4 is 34.1 Å². The molecule has 2 aliphatic rings. The van der Waals surface area contributed by atoms with Gasteiger partial charge in [0.2, 0.25) is 0 Å². The highest BCUT2D eigenvalue weighted by atomic mass is 16.6. The van der Waals surface area contributed by atoms with Gasteiger partial charge in [-0.25, -0.2) is 0 Å². The van der Waals surface area contributed by atoms with Gasteiger partial charge in [0.05, 0.1) is 45.0 Å². The van der Waals surface area contributed by atoms with Crippen molar-refractivity contribution < 1.29 is 9.85 Å². The summed E-state index contributed by atoms with van der Waals surface area (Å²) in [7, 11) is 0. The second-order valence-corrected chi connectivity index (χ2v) is 10.9. The number of anilines is 6. The second kappa shape index (κ2) is 9.01. The van der Waals surface area contributed by atoms with Gasteiger partial charge in [-0.1, -0.05) is 54.6 Å². The third-order valence-electron chi connectivity index (χ3n) is 8.75. The van der Waals surface area contributed by atoms with E-state index in [-0.39, 0.29) is 9.85 Å². The van der Waals surface area contributed by atoms with Crippen molar-refractivity contribution in [3.8, 4) is 0 Å². The van der Waals surface area contributed by atoms with Crippen molar-refractivity contribution in [3.05, 3.63) is 164 Å². The van der Waals surface area contributed by atoms with E-state index < -0.39 is 11.1 Å². The van der Waals surface area contributed by atoms with Crippen LogP contribution in [0.25, 0.3) is 0 Å². The van der Waals surface area contributed by atoms with Crippen LogP contribution in [0.4, 0.5) is 34.1 Å². The van der Waals surface area contributed by atoms with Crippen LogP contribution in [-0.2, 0) is 11.1 Å². The smallest absolute Gasteiger partial charge is 0.273 e. The number of nitro groups is 2. The summed E-state index contributed by atoms with van der Waals surface area (Å²) in [5, 5.41) is 25.1. The monoisotopic (exact) mass is 554 g/mol. The van der Waals surface area contributed by atoms with Gasteiger partial charge < -0.3 is 9.80 Å². The maximum atomic E-state index is 12.6. The predicted octanol–water partition coefficient (Wildman–Crippen LogP) is 8.33. The number of benzene rings is 5. The SMILES string of the molecule is CC1([N+](=O)[O-])c2ccccc2N(c2cccc(N3c4ccccc4C(C)([N+](=O)[O-])c4ccccc43)c2)c2ccccc21. The van der Waals surface area contributed by atoms with Crippen molar-refractivity contribution in [3.63, 3.8) is 0 Å². The number of rotatable bonds is 4. The molecule has 0 saturated carbocycles. The van der Waals surface area contributed by atoms with Crippen molar-refractivity contribution in [1.29, 1.82) is 0 Å². The molecule has 0 unspecified atom stereocenters. The first-order chi connectivity index (χ1) is 20.3. The maximum absolute atomic E-state index is 12.6. The molecule has 5 aromatic carbocycles. The van der Waals surface area contributed by atoms with E-state index in [4.69, 9.17) is 0 Å². The van der Waals surface area contributed by atoms with Crippen LogP contribution in [0.3, 0.4) is 0 Å². The van der Waals surface area contributed by atoms with Crippen molar-refractivity contribution in [1.82, 2.24) is 0 Å². The zero-order chi connectivity index (χ0) is 29.2. The normalized spacial score (nSPS) is 15.6. The van der Waals surface area contributed by atoms with Gasteiger partial charge in [-0.3, -0.25) is 20.2 Å². The Hall–Kier alpha value is -5.50. The highest BCUT2D eigenvalue weighted by Gasteiger charge is 2.51. The van der Waals surface area contributed by atoms with Crippen LogP contribution < -0.4 is 9.80 Å². The fourth-order valence-corrected chi connectivity index (χ4v) is 6.59. The standard InChI is InChI=1S/C34H26N4O4/c1-33(37(39)40)25-14-3-7-18-29(25)35(30-19-8-4-15-26(30)33)23-12-11-13-24(22-23)36-31-20-9-5-16-27(31)34(2,38(41)42)28-17-6-10-21-32(28)36/h3-22H,1-2H3. The number of hydrogen-bond donors (Lipinski definition) is 0. The molecule has 0 radical (unpaired) electrons. The highest BCUT2D eigenvalue weighted by Crippen LogP contribution is 2.55. The van der Waals surface area contributed by atoms with Crippen LogP contribution in [0, 0.1) is 20.2 Å². The number of hydrogen-bond acceptors (Lipinski definition) is 6. The minimum absolute atomic E-state index is 0.216. The summed E-state index contributed by atoms with van der Waals surface area (Å²) in [6, 6.07) is 37.7. The average molecular weight is 555 g/mol. The Morgan fingerprint density at radius 1 is 0.476 bits per heavy atom. The van der Waals surface area contributed by atoms with Crippen LogP contribution in [0.1, 0.15) is 36.1 Å². The first-order valence-corrected chi connectivity index (χ1v) is 13.6. The molecule has 0 atom stereocenters. The minimum atomic E-state index is -1.42. The van der Waals surface area contributed by atoms with Gasteiger partial charge in [-0.15, -0.1) is 0 Å². The lowest BCUT2D eigenvalue weighted by molar-refractivity contribution is -0.561. The molecule has 42 heavy (non-hydrogen) atoms. The van der Waals surface area contributed by atoms with Crippen LogP contribution >= 0.6 is 0 Å². The Bertz CT molecular complexity index is 1690. The first kappa shape index (κ1) is 25.5. The number of nitrogens with zero attached hydrogens (tertiary/aromatic N) is 4. The Kier molecular flexibility index (Phi) is 5.46. The molecule has 8 nitrogen and oxygen atoms in total. The largest absolute Gasteiger partial charge is 0.309 e. The van der Waals surface area contributed by atoms with Gasteiger partial charge >= 0.3 is 0 Å². The molecule has 0 amide bonds. The summed E-state index contributed by atoms with van der Waals surface area (Å²) in [4.78, 5) is 28.8. The van der Waals surface area contributed by atoms with E-state index in [0.29, 0.717) is 22.3 Å². The lowest BCUT2D eigenvalue weighted by Crippen LogP contribution is -2.39. The quantitative estimate of drug-likeness (QED) is 0.164. The molecular formula is C34H26N4O4. The van der Waals surface area contributed by atoms with Crippen LogP contribution in [0.2, 0.25) is 0 Å². The Labute approximate surface area is 242 Å². The molecule has 0 bridgehead atoms. The van der Waals surface area contributed by atoms with E-state index in [2.05, 4.69) is 9.80 Å². The van der Waals surface area contributed by atoms with Crippen LogP contribution in [0.15, 0.2) is 121 Å². The molecule has 5 aromatic rings. The zero-order valence-electron chi connectivity index (χ0n) is 23.0. The Morgan fingerprint density at radius 3 is 1.05 bits per heavy atom. The third kappa shape index (κ3) is 3.29. The van der Waals surface area contributed by atoms with E-state index in [9.17, 15) is 20.2 Å². The molecule has 0 saturated heterocycles. The highest BCUT2D eigenvalue weighted by molar-refractivity contribution is 5.90. The van der Waals surface area contributed by atoms with Gasteiger partial charge in [-0.05, 0) is 66.7 Å². The molecule has 2 heterocycles. The van der Waals surface area contributed by atoms with E-state index in [1.807, 2.05) is 121 Å². The Morgan fingerprint density at radius 2 is 0.762 bits per heavy atom. The van der Waals surface area contributed by atoms with Gasteiger partial charge in [0.25, 0.3) is 11.1 Å². The maximum Gasteiger partial charge on any atom is 0.273 e. The molecule has 206 valence electrons. The summed E-state index contributed by atoms with van der Waals surface area (Å²) in [5.74, 6) is 0. The van der Waals surface area contributed by atoms with Gasteiger partial charge in [0, 0.05) is 35.1 Å². The summed E-state index contributed by atoms with van der Waals surface area (Å²) in [5.41, 5.74) is 4.14. The van der Waals surface area contributed by atoms with Gasteiger partial charge in [0.1, 0.15) is 0 Å². The van der Waals surface area contributed by atoms with Crippen molar-refractivity contribution in [2.75, 3.05) is 9.80 Å². The predicted molar refractivity (Wildman–Crippen MR) is 163 cm³/mol. The molecule has 2 aliphatic heterocycles. The summed E-state index contributed by atoms with van der Waals surface area (Å²) < 4.78 is 0. The summed E-state index contributed by atoms with van der Waals surface area (Å²) in [6.07, 6.45) is 0. The molecule has 0 aromatic heterocycles. The lowest BCUT2D eigenvalue weighted by atomic mass is 9.79. The van der Waals surface area contributed by atoms with Crippen molar-refractivity contribution in [2.24, 2.45) is 0 Å². The summed E-state index contributed by atoms with van der Waals surface area (Å²) >= 11 is 0. The topological polar surface area (TPSA) is 92.8 Å². The first-order valence-electron chi connectivity index (χ1n) is 13.6. The molecule has 0 N–H and O–H groups in total. The lowest BCUT2D eigenvalue weighted by Gasteiger charge is -2.40. The molecule has 7 rings (SSSR count). The summed E-state index contributed by atoms with van der Waals surface area (Å²) in [6.45, 7) is 3.32. The van der Waals surface area contributed by atoms with Crippen LogP contribution in [0.5, 0.6) is 0 Å². The molecule has 0 aliphatic carbocycles. The molecule has 0 spiro atoms. The van der Waals surface area contributed by atoms with E-state index in [0.717, 1.165) is 34.1 Å². The fourth-order valence-electron chi connectivity index (χ4n) is 6.59. The fraction of sp³-hybridized carbons (Fsp3) is 0.118. The molecule has 8 heteroatoms. The van der Waals surface area contributed by atoms with E-state index in [1.54, 1.807) is 13.8 Å². The van der Waals surface area contributed by atoms with Gasteiger partial charge in [0.15, 0.2) is 0 Å². The van der Waals surface area contributed by atoms with Crippen molar-refractivity contribution in [2.45, 2.75) is 24.9 Å². The van der Waals surface area contributed by atoms with E-state index >= 15 is 0 Å². The zero-order valence-corrected chi connectivity index (χ0v) is 23.0. The third-order valence-corrected chi connectivity index (χ3v) is 8.75. The minimum Gasteiger partial charge on any atom is -0.309 e. The van der Waals surface area contributed by atoms with Crippen LogP contribution in [-0.4, -0.2) is 9.85 Å². The molecule has 0 fully saturated rings. The number of fused-ring (bicyclic) bond motifs is 4. The molecular weight excluding hydrogens is 528 g/mol. The number of para-hydroxylation sites is 4. The Balaban J connectivity index is 1.46. The second-order valence-electron chi connectivity index (χ2n) is 10.9.